The predicted molar refractivity (Wildman–Crippen MR) is 81.8 cm³/mol. The van der Waals surface area contributed by atoms with E-state index in [9.17, 15) is 24.3 Å². The predicted octanol–water partition coefficient (Wildman–Crippen LogP) is -0.953. The first kappa shape index (κ1) is 19.6. The molecule has 0 spiro atoms. The van der Waals surface area contributed by atoms with Gasteiger partial charge < -0.3 is 25.2 Å². The van der Waals surface area contributed by atoms with Crippen molar-refractivity contribution in [2.45, 2.75) is 44.9 Å². The highest BCUT2D eigenvalue weighted by Crippen LogP contribution is 2.18. The van der Waals surface area contributed by atoms with Crippen LogP contribution in [0.4, 0.5) is 0 Å². The van der Waals surface area contributed by atoms with Crippen LogP contribution >= 0.6 is 0 Å². The fourth-order valence-electron chi connectivity index (χ4n) is 2.39. The molecule has 1 fully saturated rings. The monoisotopic (exact) mass is 342 g/mol. The molecule has 1 aliphatic rings. The zero-order valence-corrected chi connectivity index (χ0v) is 13.6. The Morgan fingerprint density at radius 1 is 1.38 bits per heavy atom. The minimum Gasteiger partial charge on any atom is -0.480 e. The third kappa shape index (κ3) is 5.65. The molecule has 1 heterocycles. The van der Waals surface area contributed by atoms with Gasteiger partial charge in [0.25, 0.3) is 0 Å². The Bertz CT molecular complexity index is 532. The molecule has 24 heavy (non-hydrogen) atoms. The summed E-state index contributed by atoms with van der Waals surface area (Å²) in [5.41, 5.74) is 0. The molecule has 134 valence electrons. The number of carbonyl (C=O) groups excluding carboxylic acids is 3. The Morgan fingerprint density at radius 2 is 2.04 bits per heavy atom. The van der Waals surface area contributed by atoms with Crippen molar-refractivity contribution in [2.24, 2.45) is 0 Å². The molecule has 1 aliphatic heterocycles. The number of rotatable bonds is 7. The van der Waals surface area contributed by atoms with E-state index in [0.717, 1.165) is 6.08 Å². The van der Waals surface area contributed by atoms with Crippen LogP contribution in [0, 0.1) is 0 Å². The van der Waals surface area contributed by atoms with Crippen molar-refractivity contribution in [3.05, 3.63) is 12.2 Å². The van der Waals surface area contributed by atoms with Gasteiger partial charge in [0.1, 0.15) is 12.1 Å². The first-order chi connectivity index (χ1) is 11.3. The molecule has 0 unspecified atom stereocenters. The molecule has 0 aromatic carbocycles. The fourth-order valence-corrected chi connectivity index (χ4v) is 2.39. The van der Waals surface area contributed by atoms with Crippen molar-refractivity contribution in [1.29, 1.82) is 0 Å². The standard InChI is InChI=1S/C15H22N2O7/c1-3-24-13(20)6-4-5-11(15(22)23)16-14(21)12-7-10(19)8-17(12)9(2)18/h4,6,10-12,19H,3,5,7-8H2,1-2H3,(H,16,21)(H,22,23)/b6-4+/t10-,11-,12+/m1/s1. The van der Waals surface area contributed by atoms with Gasteiger partial charge in [-0.3, -0.25) is 9.59 Å². The average Bonchev–Trinajstić information content (AvgIpc) is 2.88. The number of aliphatic hydroxyl groups excluding tert-OH is 1. The molecule has 0 aromatic rings. The number of aliphatic hydroxyl groups is 1. The van der Waals surface area contributed by atoms with Crippen LogP contribution in [0.1, 0.15) is 26.7 Å². The molecule has 2 amide bonds. The van der Waals surface area contributed by atoms with Crippen LogP contribution in [-0.4, -0.2) is 70.2 Å². The van der Waals surface area contributed by atoms with Crippen LogP contribution in [-0.2, 0) is 23.9 Å². The number of β-amino-alcohol motifs (C(OH)–C–C–N with tert-alkyl or cyclic N) is 1. The fraction of sp³-hybridized carbons (Fsp3) is 0.600. The number of esters is 1. The molecule has 1 rings (SSSR count). The van der Waals surface area contributed by atoms with E-state index in [1.54, 1.807) is 6.92 Å². The van der Waals surface area contributed by atoms with Gasteiger partial charge in [-0.05, 0) is 13.3 Å². The quantitative estimate of drug-likeness (QED) is 0.401. The topological polar surface area (TPSA) is 133 Å². The first-order valence-electron chi connectivity index (χ1n) is 7.58. The average molecular weight is 342 g/mol. The van der Waals surface area contributed by atoms with Gasteiger partial charge in [-0.2, -0.15) is 0 Å². The summed E-state index contributed by atoms with van der Waals surface area (Å²) < 4.78 is 4.67. The van der Waals surface area contributed by atoms with E-state index >= 15 is 0 Å². The van der Waals surface area contributed by atoms with E-state index < -0.39 is 36.0 Å². The molecule has 0 bridgehead atoms. The summed E-state index contributed by atoms with van der Waals surface area (Å²) in [6, 6.07) is -2.16. The van der Waals surface area contributed by atoms with Crippen LogP contribution in [0.25, 0.3) is 0 Å². The van der Waals surface area contributed by atoms with Gasteiger partial charge in [-0.25, -0.2) is 9.59 Å². The molecule has 0 aromatic heterocycles. The first-order valence-corrected chi connectivity index (χ1v) is 7.58. The third-order valence-electron chi connectivity index (χ3n) is 3.51. The molecule has 9 heteroatoms. The lowest BCUT2D eigenvalue weighted by atomic mass is 10.1. The van der Waals surface area contributed by atoms with Crippen molar-refractivity contribution in [2.75, 3.05) is 13.2 Å². The van der Waals surface area contributed by atoms with Crippen molar-refractivity contribution >= 4 is 23.8 Å². The number of carbonyl (C=O) groups is 4. The summed E-state index contributed by atoms with van der Waals surface area (Å²) >= 11 is 0. The van der Waals surface area contributed by atoms with Crippen LogP contribution in [0.2, 0.25) is 0 Å². The zero-order chi connectivity index (χ0) is 18.3. The number of ether oxygens (including phenoxy) is 1. The smallest absolute Gasteiger partial charge is 0.330 e. The maximum Gasteiger partial charge on any atom is 0.330 e. The minimum absolute atomic E-state index is 0.0356. The summed E-state index contributed by atoms with van der Waals surface area (Å²) in [6.07, 6.45) is 1.50. The van der Waals surface area contributed by atoms with Crippen LogP contribution in [0.5, 0.6) is 0 Å². The van der Waals surface area contributed by atoms with E-state index in [1.807, 2.05) is 0 Å². The molecule has 3 atom stereocenters. The van der Waals surface area contributed by atoms with Gasteiger partial charge >= 0.3 is 11.9 Å². The Balaban J connectivity index is 2.67. The second kappa shape index (κ2) is 9.02. The molecule has 0 aliphatic carbocycles. The lowest BCUT2D eigenvalue weighted by Gasteiger charge is -2.23. The summed E-state index contributed by atoms with van der Waals surface area (Å²) in [5.74, 6) is -2.90. The highest BCUT2D eigenvalue weighted by atomic mass is 16.5. The lowest BCUT2D eigenvalue weighted by molar-refractivity contribution is -0.143. The van der Waals surface area contributed by atoms with Crippen molar-refractivity contribution in [1.82, 2.24) is 10.2 Å². The highest BCUT2D eigenvalue weighted by Gasteiger charge is 2.38. The molecular formula is C15H22N2O7. The number of aliphatic carboxylic acids is 1. The highest BCUT2D eigenvalue weighted by molar-refractivity contribution is 5.90. The Morgan fingerprint density at radius 3 is 2.58 bits per heavy atom. The van der Waals surface area contributed by atoms with Crippen LogP contribution in [0.3, 0.4) is 0 Å². The number of likely N-dealkylation sites (tertiary alicyclic amines) is 1. The van der Waals surface area contributed by atoms with Crippen molar-refractivity contribution in [3.8, 4) is 0 Å². The summed E-state index contributed by atoms with van der Waals surface area (Å²) in [7, 11) is 0. The van der Waals surface area contributed by atoms with Crippen molar-refractivity contribution in [3.63, 3.8) is 0 Å². The lowest BCUT2D eigenvalue weighted by Crippen LogP contribution is -2.50. The molecule has 0 radical (unpaired) electrons. The number of amides is 2. The van der Waals surface area contributed by atoms with Crippen molar-refractivity contribution < 1.29 is 34.1 Å². The SMILES string of the molecule is CCOC(=O)/C=C/C[C@@H](NC(=O)[C@@H]1C[C@@H](O)CN1C(C)=O)C(=O)O. The number of nitrogens with zero attached hydrogens (tertiary/aromatic N) is 1. The van der Waals surface area contributed by atoms with E-state index in [-0.39, 0.29) is 31.9 Å². The number of nitrogens with one attached hydrogen (secondary N) is 1. The van der Waals surface area contributed by atoms with E-state index in [1.165, 1.54) is 17.9 Å². The minimum atomic E-state index is -1.27. The second-order valence-corrected chi connectivity index (χ2v) is 5.37. The number of hydrogen-bond donors (Lipinski definition) is 3. The van der Waals surface area contributed by atoms with E-state index in [4.69, 9.17) is 5.11 Å². The van der Waals surface area contributed by atoms with E-state index in [0.29, 0.717) is 0 Å². The maximum atomic E-state index is 12.2. The van der Waals surface area contributed by atoms with Gasteiger partial charge in [0, 0.05) is 26.0 Å². The molecule has 9 nitrogen and oxygen atoms in total. The molecule has 0 saturated carbocycles. The Labute approximate surface area is 139 Å². The number of hydrogen-bond acceptors (Lipinski definition) is 6. The number of carboxylic acid groups (broad SMARTS) is 1. The Hall–Kier alpha value is -2.42. The Kier molecular flexibility index (Phi) is 7.37. The third-order valence-corrected chi connectivity index (χ3v) is 3.51. The second-order valence-electron chi connectivity index (χ2n) is 5.37. The molecule has 1 saturated heterocycles. The molecule has 3 N–H and O–H groups in total. The summed E-state index contributed by atoms with van der Waals surface area (Å²) in [4.78, 5) is 47.3. The number of carboxylic acids is 1. The normalized spacial score (nSPS) is 21.5. The van der Waals surface area contributed by atoms with Gasteiger partial charge in [0.2, 0.25) is 11.8 Å². The van der Waals surface area contributed by atoms with Gasteiger partial charge in [0.15, 0.2) is 0 Å². The van der Waals surface area contributed by atoms with Gasteiger partial charge in [-0.1, -0.05) is 6.08 Å². The zero-order valence-electron chi connectivity index (χ0n) is 13.6. The maximum absolute atomic E-state index is 12.2. The summed E-state index contributed by atoms with van der Waals surface area (Å²) in [6.45, 7) is 3.15. The molecular weight excluding hydrogens is 320 g/mol. The van der Waals surface area contributed by atoms with Gasteiger partial charge in [0.05, 0.1) is 12.7 Å². The largest absolute Gasteiger partial charge is 0.480 e. The van der Waals surface area contributed by atoms with Gasteiger partial charge in [-0.15, -0.1) is 0 Å². The van der Waals surface area contributed by atoms with Crippen LogP contribution in [0.15, 0.2) is 12.2 Å². The summed E-state index contributed by atoms with van der Waals surface area (Å²) in [5, 5.41) is 21.1. The van der Waals surface area contributed by atoms with E-state index in [2.05, 4.69) is 10.1 Å². The van der Waals surface area contributed by atoms with Crippen LogP contribution < -0.4 is 5.32 Å².